The fourth-order valence-electron chi connectivity index (χ4n) is 2.14. The van der Waals surface area contributed by atoms with E-state index < -0.39 is 0 Å². The molecule has 0 aliphatic heterocycles. The van der Waals surface area contributed by atoms with Gasteiger partial charge in [0.2, 0.25) is 0 Å². The molecule has 0 spiro atoms. The number of fused-ring (bicyclic) bond motifs is 1. The van der Waals surface area contributed by atoms with Crippen LogP contribution in [-0.2, 0) is 5.41 Å². The maximum absolute atomic E-state index is 6.09. The van der Waals surface area contributed by atoms with Crippen molar-refractivity contribution in [3.8, 4) is 0 Å². The molecule has 2 heterocycles. The van der Waals surface area contributed by atoms with Crippen molar-refractivity contribution in [2.75, 3.05) is 0 Å². The number of nitrogens with zero attached hydrogens (tertiary/aromatic N) is 2. The maximum Gasteiger partial charge on any atom is 0.137 e. The first-order chi connectivity index (χ1) is 8.71. The fraction of sp³-hybridized carbons (Fsp3) is 0.429. The van der Waals surface area contributed by atoms with E-state index in [9.17, 15) is 0 Å². The average molecular weight is 296 g/mol. The van der Waals surface area contributed by atoms with Gasteiger partial charge in [-0.25, -0.2) is 4.98 Å². The van der Waals surface area contributed by atoms with Crippen molar-refractivity contribution in [3.05, 3.63) is 34.7 Å². The van der Waals surface area contributed by atoms with E-state index in [1.165, 1.54) is 0 Å². The zero-order valence-electron chi connectivity index (χ0n) is 11.6. The Morgan fingerprint density at radius 3 is 2.58 bits per heavy atom. The van der Waals surface area contributed by atoms with Gasteiger partial charge in [-0.05, 0) is 12.1 Å². The maximum atomic E-state index is 6.09. The lowest BCUT2D eigenvalue weighted by atomic mass is 9.87. The molecule has 0 saturated heterocycles. The number of pyridine rings is 1. The van der Waals surface area contributed by atoms with Gasteiger partial charge in [-0.3, -0.25) is 0 Å². The monoisotopic (exact) mass is 295 g/mol. The van der Waals surface area contributed by atoms with Crippen LogP contribution in [0.1, 0.15) is 45.0 Å². The molecule has 102 valence electrons. The van der Waals surface area contributed by atoms with E-state index in [1.54, 1.807) is 0 Å². The van der Waals surface area contributed by atoms with E-state index in [0.29, 0.717) is 10.0 Å². The molecular weight excluding hydrogens is 278 g/mol. The molecule has 0 bridgehead atoms. The van der Waals surface area contributed by atoms with Crippen molar-refractivity contribution in [3.63, 3.8) is 0 Å². The molecule has 0 aliphatic rings. The lowest BCUT2D eigenvalue weighted by Gasteiger charge is -2.20. The Balaban J connectivity index is 2.81. The molecule has 0 fully saturated rings. The summed E-state index contributed by atoms with van der Waals surface area (Å²) in [6.45, 7) is 8.40. The van der Waals surface area contributed by atoms with Crippen molar-refractivity contribution in [1.29, 1.82) is 0 Å². The van der Waals surface area contributed by atoms with Gasteiger partial charge in [0.1, 0.15) is 5.65 Å². The number of nitrogens with two attached hydrogens (primary N) is 1. The normalized spacial score (nSPS) is 13.7. The molecule has 2 aromatic rings. The molecule has 2 rings (SSSR count). The van der Waals surface area contributed by atoms with Crippen molar-refractivity contribution in [2.45, 2.75) is 39.0 Å². The number of rotatable bonds is 2. The first-order valence-corrected chi connectivity index (χ1v) is 6.97. The topological polar surface area (TPSA) is 43.3 Å². The molecule has 2 N–H and O–H groups in total. The second-order valence-electron chi connectivity index (χ2n) is 5.80. The number of hydrogen-bond donors (Lipinski definition) is 1. The molecule has 3 nitrogen and oxygen atoms in total. The van der Waals surface area contributed by atoms with E-state index in [0.717, 1.165) is 17.0 Å². The highest BCUT2D eigenvalue weighted by Gasteiger charge is 2.27. The van der Waals surface area contributed by atoms with Crippen LogP contribution in [0.5, 0.6) is 0 Å². The van der Waals surface area contributed by atoms with E-state index in [1.807, 2.05) is 29.7 Å². The van der Waals surface area contributed by atoms with Gasteiger partial charge in [-0.15, -0.1) is 0 Å². The third kappa shape index (κ3) is 2.60. The highest BCUT2D eigenvalue weighted by Crippen LogP contribution is 2.31. The lowest BCUT2D eigenvalue weighted by molar-refractivity contribution is 0.563. The molecule has 5 heteroatoms. The highest BCUT2D eigenvalue weighted by molar-refractivity contribution is 7.80. The molecule has 0 saturated carbocycles. The molecule has 0 aromatic carbocycles. The van der Waals surface area contributed by atoms with Crippen LogP contribution in [0.4, 0.5) is 0 Å². The Kier molecular flexibility index (Phi) is 3.58. The summed E-state index contributed by atoms with van der Waals surface area (Å²) in [6.07, 6.45) is 1.86. The van der Waals surface area contributed by atoms with Crippen LogP contribution >= 0.6 is 23.8 Å². The van der Waals surface area contributed by atoms with Gasteiger partial charge in [-0.1, -0.05) is 51.5 Å². The van der Waals surface area contributed by atoms with Gasteiger partial charge >= 0.3 is 0 Å². The second kappa shape index (κ2) is 4.76. The van der Waals surface area contributed by atoms with Crippen LogP contribution in [0.2, 0.25) is 5.02 Å². The highest BCUT2D eigenvalue weighted by atomic mass is 35.5. The first-order valence-electron chi connectivity index (χ1n) is 6.19. The van der Waals surface area contributed by atoms with Gasteiger partial charge in [0, 0.05) is 17.5 Å². The molecule has 0 radical (unpaired) electrons. The Labute approximate surface area is 123 Å². The quantitative estimate of drug-likeness (QED) is 0.860. The summed E-state index contributed by atoms with van der Waals surface area (Å²) in [7, 11) is 0. The zero-order chi connectivity index (χ0) is 14.4. The molecule has 0 amide bonds. The number of hydrogen-bond acceptors (Lipinski definition) is 2. The smallest absolute Gasteiger partial charge is 0.137 e. The van der Waals surface area contributed by atoms with Crippen molar-refractivity contribution < 1.29 is 0 Å². The third-order valence-electron chi connectivity index (χ3n) is 3.17. The van der Waals surface area contributed by atoms with Crippen LogP contribution in [0.25, 0.3) is 5.65 Å². The first kappa shape index (κ1) is 14.3. The second-order valence-corrected chi connectivity index (χ2v) is 6.70. The lowest BCUT2D eigenvalue weighted by Crippen LogP contribution is -2.23. The van der Waals surface area contributed by atoms with E-state index in [-0.39, 0.29) is 11.3 Å². The number of aromatic nitrogens is 2. The van der Waals surface area contributed by atoms with E-state index in [4.69, 9.17) is 34.5 Å². The standard InChI is InChI=1S/C14H18ClN3S/c1-8(13(16)19)11-12(14(2,3)4)17-10-6-5-9(15)7-18(10)11/h5-8H,1-4H3,(H2,16,19). The summed E-state index contributed by atoms with van der Waals surface area (Å²) < 4.78 is 1.99. The molecule has 2 aromatic heterocycles. The van der Waals surface area contributed by atoms with Gasteiger partial charge in [0.25, 0.3) is 0 Å². The average Bonchev–Trinajstić information content (AvgIpc) is 2.65. The van der Waals surface area contributed by atoms with Crippen LogP contribution in [0, 0.1) is 0 Å². The number of halogens is 1. The molecular formula is C14H18ClN3S. The van der Waals surface area contributed by atoms with E-state index >= 15 is 0 Å². The molecule has 19 heavy (non-hydrogen) atoms. The Morgan fingerprint density at radius 2 is 2.05 bits per heavy atom. The summed E-state index contributed by atoms with van der Waals surface area (Å²) in [5.41, 5.74) is 8.65. The Bertz CT molecular complexity index is 640. The van der Waals surface area contributed by atoms with Crippen LogP contribution < -0.4 is 5.73 Å². The SMILES string of the molecule is CC(C(N)=S)c1c(C(C)(C)C)nc2ccc(Cl)cn12. The van der Waals surface area contributed by atoms with Gasteiger partial charge < -0.3 is 10.1 Å². The fourth-order valence-corrected chi connectivity index (χ4v) is 2.41. The minimum atomic E-state index is -0.0765. The predicted molar refractivity (Wildman–Crippen MR) is 84.1 cm³/mol. The molecule has 1 atom stereocenters. The van der Waals surface area contributed by atoms with Gasteiger partial charge in [-0.2, -0.15) is 0 Å². The van der Waals surface area contributed by atoms with Crippen LogP contribution in [0.15, 0.2) is 18.3 Å². The molecule has 1 unspecified atom stereocenters. The van der Waals surface area contributed by atoms with Crippen molar-refractivity contribution in [1.82, 2.24) is 9.38 Å². The summed E-state index contributed by atoms with van der Waals surface area (Å²) in [6, 6.07) is 3.75. The largest absolute Gasteiger partial charge is 0.393 e. The van der Waals surface area contributed by atoms with Crippen molar-refractivity contribution in [2.24, 2.45) is 5.73 Å². The number of thiocarbonyl (C=S) groups is 1. The Morgan fingerprint density at radius 1 is 1.42 bits per heavy atom. The van der Waals surface area contributed by atoms with Gasteiger partial charge in [0.05, 0.1) is 21.4 Å². The van der Waals surface area contributed by atoms with Crippen LogP contribution in [-0.4, -0.2) is 14.4 Å². The minimum Gasteiger partial charge on any atom is -0.393 e. The predicted octanol–water partition coefficient (Wildman–Crippen LogP) is 3.67. The van der Waals surface area contributed by atoms with E-state index in [2.05, 4.69) is 20.8 Å². The molecule has 0 aliphatic carbocycles. The van der Waals surface area contributed by atoms with Crippen LogP contribution in [0.3, 0.4) is 0 Å². The third-order valence-corrected chi connectivity index (χ3v) is 3.74. The minimum absolute atomic E-state index is 0.0438. The summed E-state index contributed by atoms with van der Waals surface area (Å²) in [4.78, 5) is 5.18. The van der Waals surface area contributed by atoms with Gasteiger partial charge in [0.15, 0.2) is 0 Å². The summed E-state index contributed by atoms with van der Waals surface area (Å²) >= 11 is 11.2. The summed E-state index contributed by atoms with van der Waals surface area (Å²) in [5.74, 6) is -0.0438. The zero-order valence-corrected chi connectivity index (χ0v) is 13.1. The number of imidazole rings is 1. The Hall–Kier alpha value is -1.13. The van der Waals surface area contributed by atoms with Crippen molar-refractivity contribution >= 4 is 34.5 Å². The summed E-state index contributed by atoms with van der Waals surface area (Å²) in [5, 5.41) is 0.668.